The van der Waals surface area contributed by atoms with Crippen molar-refractivity contribution in [2.24, 2.45) is 0 Å². The zero-order valence-electron chi connectivity index (χ0n) is 21.9. The summed E-state index contributed by atoms with van der Waals surface area (Å²) in [7, 11) is 0. The van der Waals surface area contributed by atoms with Crippen molar-refractivity contribution in [1.29, 1.82) is 0 Å². The molecule has 1 aliphatic heterocycles. The number of fused-ring (bicyclic) bond motifs is 2. The first-order chi connectivity index (χ1) is 19.7. The van der Waals surface area contributed by atoms with Crippen molar-refractivity contribution in [3.8, 4) is 5.75 Å². The second-order valence-corrected chi connectivity index (χ2v) is 10.3. The summed E-state index contributed by atoms with van der Waals surface area (Å²) < 4.78 is 20.6. The van der Waals surface area contributed by atoms with Gasteiger partial charge in [0.15, 0.2) is 5.78 Å². The summed E-state index contributed by atoms with van der Waals surface area (Å²) in [5.41, 5.74) is 3.66. The molecule has 0 saturated carbocycles. The maximum absolute atomic E-state index is 14.6. The molecule has 0 fully saturated rings. The van der Waals surface area contributed by atoms with Crippen LogP contribution in [-0.2, 0) is 6.61 Å². The van der Waals surface area contributed by atoms with Gasteiger partial charge in [0.05, 0.1) is 29.5 Å². The molecule has 1 unspecified atom stereocenters. The van der Waals surface area contributed by atoms with Gasteiger partial charge in [-0.15, -0.1) is 0 Å². The zero-order valence-corrected chi connectivity index (χ0v) is 22.7. The number of nitrogens with one attached hydrogen (secondary N) is 3. The number of aliphatic hydroxyl groups excluding tert-OH is 2. The highest BCUT2D eigenvalue weighted by molar-refractivity contribution is 7.08. The molecule has 0 radical (unpaired) electrons. The van der Waals surface area contributed by atoms with Gasteiger partial charge in [-0.3, -0.25) is 14.4 Å². The maximum atomic E-state index is 14.6. The van der Waals surface area contributed by atoms with Gasteiger partial charge in [0, 0.05) is 46.1 Å². The average molecular weight is 576 g/mol. The molecule has 0 aliphatic carbocycles. The van der Waals surface area contributed by atoms with Crippen molar-refractivity contribution < 1.29 is 33.7 Å². The predicted molar refractivity (Wildman–Crippen MR) is 153 cm³/mol. The van der Waals surface area contributed by atoms with Gasteiger partial charge in [-0.1, -0.05) is 6.07 Å². The van der Waals surface area contributed by atoms with E-state index in [4.69, 9.17) is 9.84 Å². The van der Waals surface area contributed by atoms with Crippen molar-refractivity contribution in [1.82, 2.24) is 5.32 Å². The van der Waals surface area contributed by atoms with Crippen LogP contribution < -0.4 is 20.7 Å². The lowest BCUT2D eigenvalue weighted by Gasteiger charge is -2.15. The second-order valence-electron chi connectivity index (χ2n) is 9.49. The van der Waals surface area contributed by atoms with Crippen molar-refractivity contribution >= 4 is 46.0 Å². The quantitative estimate of drug-likeness (QED) is 0.210. The Hall–Kier alpha value is -4.58. The highest BCUT2D eigenvalue weighted by Gasteiger charge is 2.24. The molecule has 5 N–H and O–H groups in total. The molecular formula is C30H26FN3O6S. The number of hydrogen-bond donors (Lipinski definition) is 5. The number of hydrogen-bond acceptors (Lipinski definition) is 8. The van der Waals surface area contributed by atoms with Gasteiger partial charge < -0.3 is 30.9 Å². The van der Waals surface area contributed by atoms with E-state index in [0.717, 1.165) is 0 Å². The molecule has 4 aromatic rings. The molecule has 0 saturated heterocycles. The van der Waals surface area contributed by atoms with E-state index in [9.17, 15) is 23.9 Å². The summed E-state index contributed by atoms with van der Waals surface area (Å²) in [6.07, 6.45) is -1.08. The fraction of sp³-hybridized carbons (Fsp3) is 0.167. The minimum Gasteiger partial charge on any atom is -0.488 e. The number of ether oxygens (including phenoxy) is 1. The molecule has 9 nitrogen and oxygen atoms in total. The molecule has 3 aromatic carbocycles. The lowest BCUT2D eigenvalue weighted by Crippen LogP contribution is -2.34. The molecule has 0 spiro atoms. The Kier molecular flexibility index (Phi) is 8.11. The van der Waals surface area contributed by atoms with Gasteiger partial charge in [0.1, 0.15) is 18.2 Å². The van der Waals surface area contributed by atoms with Crippen LogP contribution in [0, 0.1) is 12.7 Å². The van der Waals surface area contributed by atoms with E-state index in [2.05, 4.69) is 16.0 Å². The first kappa shape index (κ1) is 28.0. The third kappa shape index (κ3) is 6.12. The van der Waals surface area contributed by atoms with Gasteiger partial charge in [0.2, 0.25) is 0 Å². The zero-order chi connectivity index (χ0) is 29.1. The predicted octanol–water partition coefficient (Wildman–Crippen LogP) is 4.40. The summed E-state index contributed by atoms with van der Waals surface area (Å²) in [6.45, 7) is 1.21. The number of carbonyl (C=O) groups is 3. The molecule has 1 aliphatic rings. The van der Waals surface area contributed by atoms with Gasteiger partial charge in [-0.05, 0) is 60.3 Å². The molecule has 11 heteroatoms. The molecule has 1 aromatic heterocycles. The second kappa shape index (κ2) is 11.9. The Morgan fingerprint density at radius 1 is 1.02 bits per heavy atom. The Labute approximate surface area is 238 Å². The Balaban J connectivity index is 1.36. The van der Waals surface area contributed by atoms with E-state index in [1.54, 1.807) is 54.1 Å². The Bertz CT molecular complexity index is 1640. The van der Waals surface area contributed by atoms with Crippen molar-refractivity contribution in [2.45, 2.75) is 19.6 Å². The van der Waals surface area contributed by atoms with Gasteiger partial charge in [-0.2, -0.15) is 11.3 Å². The third-order valence-electron chi connectivity index (χ3n) is 6.56. The van der Waals surface area contributed by atoms with Crippen molar-refractivity contribution in [3.63, 3.8) is 0 Å². The molecular weight excluding hydrogens is 549 g/mol. The molecule has 1 atom stereocenters. The largest absolute Gasteiger partial charge is 0.488 e. The summed E-state index contributed by atoms with van der Waals surface area (Å²) in [5.74, 6) is -1.46. The smallest absolute Gasteiger partial charge is 0.256 e. The number of ketones is 1. The molecule has 2 amide bonds. The number of thiophene rings is 1. The lowest BCUT2D eigenvalue weighted by molar-refractivity contribution is 0.0802. The van der Waals surface area contributed by atoms with E-state index in [0.29, 0.717) is 44.9 Å². The maximum Gasteiger partial charge on any atom is 0.256 e. The number of anilines is 3. The van der Waals surface area contributed by atoms with Crippen molar-refractivity contribution in [3.05, 3.63) is 105 Å². The van der Waals surface area contributed by atoms with Crippen LogP contribution in [0.3, 0.4) is 0 Å². The number of amides is 2. The highest BCUT2D eigenvalue weighted by atomic mass is 32.1. The van der Waals surface area contributed by atoms with Crippen molar-refractivity contribution in [2.75, 3.05) is 23.8 Å². The molecule has 41 heavy (non-hydrogen) atoms. The van der Waals surface area contributed by atoms with E-state index < -0.39 is 30.3 Å². The summed E-state index contributed by atoms with van der Waals surface area (Å²) in [6, 6.07) is 14.1. The van der Waals surface area contributed by atoms with E-state index >= 15 is 0 Å². The monoisotopic (exact) mass is 575 g/mol. The summed E-state index contributed by atoms with van der Waals surface area (Å²) in [4.78, 5) is 38.4. The average Bonchev–Trinajstić information content (AvgIpc) is 3.48. The lowest BCUT2D eigenvalue weighted by atomic mass is 9.96. The molecule has 2 heterocycles. The third-order valence-corrected chi connectivity index (χ3v) is 7.24. The van der Waals surface area contributed by atoms with Crippen LogP contribution in [0.2, 0.25) is 0 Å². The van der Waals surface area contributed by atoms with Gasteiger partial charge >= 0.3 is 0 Å². The van der Waals surface area contributed by atoms with Gasteiger partial charge in [-0.25, -0.2) is 4.39 Å². The topological polar surface area (TPSA) is 137 Å². The standard InChI is InChI=1S/C30H26FN3O6S/c1-16-8-24(31)26(34-30(39)19-6-7-41-15-19)11-25(16)33-20-4-5-22-27(10-20)40-14-18-3-2-17(9-23(18)28(22)37)29(38)32-12-21(36)13-35/h2-11,15,21,33,35-36H,12-14H2,1H3,(H,32,38)(H,34,39). The Morgan fingerprint density at radius 2 is 1.85 bits per heavy atom. The first-order valence-electron chi connectivity index (χ1n) is 12.7. The number of rotatable bonds is 8. The van der Waals surface area contributed by atoms with E-state index in [1.807, 2.05) is 0 Å². The number of aryl methyl sites for hydroxylation is 1. The molecule has 210 valence electrons. The SMILES string of the molecule is Cc1cc(F)c(NC(=O)c2ccsc2)cc1Nc1ccc2c(c1)OCc1ccc(C(=O)NCC(O)CO)cc1C2=O. The normalized spacial score (nSPS) is 12.8. The molecule has 5 rings (SSSR count). The van der Waals surface area contributed by atoms with Crippen LogP contribution in [-0.4, -0.2) is 47.1 Å². The van der Waals surface area contributed by atoms with Crippen LogP contribution in [0.5, 0.6) is 5.75 Å². The van der Waals surface area contributed by atoms with Crippen LogP contribution in [0.1, 0.15) is 47.8 Å². The van der Waals surface area contributed by atoms with Crippen LogP contribution in [0.4, 0.5) is 21.5 Å². The molecule has 0 bridgehead atoms. The fourth-order valence-electron chi connectivity index (χ4n) is 4.29. The van der Waals surface area contributed by atoms with Crippen LogP contribution >= 0.6 is 11.3 Å². The summed E-state index contributed by atoms with van der Waals surface area (Å²) in [5, 5.41) is 30.2. The first-order valence-corrected chi connectivity index (χ1v) is 13.6. The highest BCUT2D eigenvalue weighted by Crippen LogP contribution is 2.34. The number of carbonyl (C=O) groups excluding carboxylic acids is 3. The number of benzene rings is 3. The minimum absolute atomic E-state index is 0.0247. The van der Waals surface area contributed by atoms with Crippen LogP contribution in [0.15, 0.2) is 65.4 Å². The fourth-order valence-corrected chi connectivity index (χ4v) is 4.92. The minimum atomic E-state index is -1.08. The number of aliphatic hydroxyl groups is 2. The van der Waals surface area contributed by atoms with Gasteiger partial charge in [0.25, 0.3) is 11.8 Å². The Morgan fingerprint density at radius 3 is 2.61 bits per heavy atom. The van der Waals surface area contributed by atoms with E-state index in [1.165, 1.54) is 29.5 Å². The van der Waals surface area contributed by atoms with E-state index in [-0.39, 0.29) is 30.2 Å². The number of halogens is 1. The summed E-state index contributed by atoms with van der Waals surface area (Å²) >= 11 is 1.37. The van der Waals surface area contributed by atoms with Crippen LogP contribution in [0.25, 0.3) is 0 Å².